The molecule has 1 saturated carbocycles. The van der Waals surface area contributed by atoms with Gasteiger partial charge in [-0.05, 0) is 41.2 Å². The standard InChI is InChI=1S/C18H28O2/c1-11(2)15-12(3)17(4,5)16-13(15)8-18(6,10-19)9-14(16)20-7/h8,10-12,15H,9H2,1-7H3. The van der Waals surface area contributed by atoms with E-state index in [1.807, 2.05) is 6.92 Å². The molecule has 0 radical (unpaired) electrons. The highest BCUT2D eigenvalue weighted by Crippen LogP contribution is 2.60. The molecule has 0 aromatic heterocycles. The summed E-state index contributed by atoms with van der Waals surface area (Å²) in [5.74, 6) is 2.64. The van der Waals surface area contributed by atoms with Crippen LogP contribution in [-0.4, -0.2) is 13.4 Å². The van der Waals surface area contributed by atoms with Gasteiger partial charge in [0.05, 0.1) is 7.11 Å². The molecule has 3 unspecified atom stereocenters. The number of carbonyl (C=O) groups excluding carboxylic acids is 1. The smallest absolute Gasteiger partial charge is 0.130 e. The third kappa shape index (κ3) is 2.04. The summed E-state index contributed by atoms with van der Waals surface area (Å²) in [5, 5.41) is 0. The number of hydrogen-bond acceptors (Lipinski definition) is 2. The summed E-state index contributed by atoms with van der Waals surface area (Å²) >= 11 is 0. The number of fused-ring (bicyclic) bond motifs is 1. The minimum atomic E-state index is -0.419. The lowest BCUT2D eigenvalue weighted by Crippen LogP contribution is -2.25. The molecule has 2 rings (SSSR count). The van der Waals surface area contributed by atoms with E-state index in [1.165, 1.54) is 11.1 Å². The van der Waals surface area contributed by atoms with Crippen molar-refractivity contribution in [3.63, 3.8) is 0 Å². The molecule has 0 aromatic rings. The average Bonchev–Trinajstić information content (AvgIpc) is 2.56. The first-order chi connectivity index (χ1) is 9.18. The molecule has 20 heavy (non-hydrogen) atoms. The van der Waals surface area contributed by atoms with Gasteiger partial charge in [0.1, 0.15) is 12.0 Å². The minimum Gasteiger partial charge on any atom is -0.501 e. The van der Waals surface area contributed by atoms with E-state index in [2.05, 4.69) is 40.7 Å². The summed E-state index contributed by atoms with van der Waals surface area (Å²) in [6.07, 6.45) is 3.98. The van der Waals surface area contributed by atoms with Gasteiger partial charge in [0.25, 0.3) is 0 Å². The number of aldehydes is 1. The minimum absolute atomic E-state index is 0.107. The molecule has 2 aliphatic rings. The fraction of sp³-hybridized carbons (Fsp3) is 0.722. The predicted octanol–water partition coefficient (Wildman–Crippen LogP) is 4.37. The van der Waals surface area contributed by atoms with E-state index < -0.39 is 5.41 Å². The molecule has 2 nitrogen and oxygen atoms in total. The van der Waals surface area contributed by atoms with Gasteiger partial charge < -0.3 is 9.53 Å². The molecule has 0 bridgehead atoms. The zero-order valence-corrected chi connectivity index (χ0v) is 13.9. The lowest BCUT2D eigenvalue weighted by molar-refractivity contribution is -0.113. The molecular formula is C18H28O2. The summed E-state index contributed by atoms with van der Waals surface area (Å²) < 4.78 is 5.69. The Morgan fingerprint density at radius 3 is 2.40 bits per heavy atom. The first-order valence-corrected chi connectivity index (χ1v) is 7.65. The molecule has 0 aliphatic heterocycles. The Morgan fingerprint density at radius 1 is 1.35 bits per heavy atom. The van der Waals surface area contributed by atoms with Gasteiger partial charge in [-0.3, -0.25) is 0 Å². The van der Waals surface area contributed by atoms with Gasteiger partial charge in [-0.1, -0.05) is 40.7 Å². The zero-order valence-electron chi connectivity index (χ0n) is 13.9. The number of carbonyl (C=O) groups is 1. The van der Waals surface area contributed by atoms with Crippen molar-refractivity contribution in [2.24, 2.45) is 28.6 Å². The fourth-order valence-electron chi connectivity index (χ4n) is 4.20. The van der Waals surface area contributed by atoms with Crippen molar-refractivity contribution in [3.8, 4) is 0 Å². The summed E-state index contributed by atoms with van der Waals surface area (Å²) in [5.41, 5.74) is 2.40. The molecule has 2 aliphatic carbocycles. The van der Waals surface area contributed by atoms with Crippen LogP contribution >= 0.6 is 0 Å². The van der Waals surface area contributed by atoms with Gasteiger partial charge in [0.2, 0.25) is 0 Å². The molecule has 0 amide bonds. The average molecular weight is 276 g/mol. The summed E-state index contributed by atoms with van der Waals surface area (Å²) in [7, 11) is 1.74. The van der Waals surface area contributed by atoms with Crippen LogP contribution in [0.1, 0.15) is 48.0 Å². The lowest BCUT2D eigenvalue weighted by atomic mass is 9.73. The Kier molecular flexibility index (Phi) is 3.64. The topological polar surface area (TPSA) is 26.3 Å². The van der Waals surface area contributed by atoms with Crippen LogP contribution in [0.5, 0.6) is 0 Å². The van der Waals surface area contributed by atoms with Gasteiger partial charge in [-0.15, -0.1) is 0 Å². The van der Waals surface area contributed by atoms with Gasteiger partial charge in [-0.2, -0.15) is 0 Å². The number of ether oxygens (including phenoxy) is 1. The van der Waals surface area contributed by atoms with Gasteiger partial charge in [0.15, 0.2) is 0 Å². The van der Waals surface area contributed by atoms with Crippen LogP contribution in [0.2, 0.25) is 0 Å². The molecule has 0 aromatic carbocycles. The van der Waals surface area contributed by atoms with E-state index in [0.29, 0.717) is 24.2 Å². The van der Waals surface area contributed by atoms with E-state index in [1.54, 1.807) is 7.11 Å². The molecule has 0 N–H and O–H groups in total. The molecule has 0 spiro atoms. The third-order valence-electron chi connectivity index (χ3n) is 5.51. The Labute approximate surface area is 123 Å². The van der Waals surface area contributed by atoms with E-state index in [0.717, 1.165) is 12.0 Å². The maximum absolute atomic E-state index is 11.5. The van der Waals surface area contributed by atoms with E-state index >= 15 is 0 Å². The molecule has 3 atom stereocenters. The van der Waals surface area contributed by atoms with E-state index in [4.69, 9.17) is 4.74 Å². The molecule has 1 fully saturated rings. The van der Waals surface area contributed by atoms with Crippen molar-refractivity contribution >= 4 is 6.29 Å². The van der Waals surface area contributed by atoms with Crippen LogP contribution in [-0.2, 0) is 9.53 Å². The molecule has 0 heterocycles. The van der Waals surface area contributed by atoms with Crippen molar-refractivity contribution in [2.75, 3.05) is 7.11 Å². The second-order valence-corrected chi connectivity index (χ2v) is 7.68. The second-order valence-electron chi connectivity index (χ2n) is 7.68. The Morgan fingerprint density at radius 2 is 1.95 bits per heavy atom. The molecular weight excluding hydrogens is 248 g/mol. The molecule has 0 saturated heterocycles. The second kappa shape index (κ2) is 4.75. The monoisotopic (exact) mass is 276 g/mol. The number of hydrogen-bond donors (Lipinski definition) is 0. The lowest BCUT2D eigenvalue weighted by Gasteiger charge is -2.33. The Hall–Kier alpha value is -1.05. The highest BCUT2D eigenvalue weighted by Gasteiger charge is 2.51. The van der Waals surface area contributed by atoms with Crippen LogP contribution in [0.4, 0.5) is 0 Å². The maximum Gasteiger partial charge on any atom is 0.130 e. The SMILES string of the molecule is COC1=C2C(=CC(C)(C=O)C1)C(C(C)C)C(C)C2(C)C. The van der Waals surface area contributed by atoms with Crippen LogP contribution in [0.15, 0.2) is 23.0 Å². The number of methoxy groups -OCH3 is 1. The van der Waals surface area contributed by atoms with Crippen molar-refractivity contribution < 1.29 is 9.53 Å². The summed E-state index contributed by atoms with van der Waals surface area (Å²) in [4.78, 5) is 11.5. The highest BCUT2D eigenvalue weighted by atomic mass is 16.5. The predicted molar refractivity (Wildman–Crippen MR) is 82.2 cm³/mol. The van der Waals surface area contributed by atoms with Gasteiger partial charge in [0, 0.05) is 11.8 Å². The number of rotatable bonds is 3. The maximum atomic E-state index is 11.5. The van der Waals surface area contributed by atoms with Crippen LogP contribution in [0, 0.1) is 28.6 Å². The van der Waals surface area contributed by atoms with Crippen molar-refractivity contribution in [2.45, 2.75) is 48.0 Å². The molecule has 2 heteroatoms. The van der Waals surface area contributed by atoms with Gasteiger partial charge >= 0.3 is 0 Å². The van der Waals surface area contributed by atoms with Gasteiger partial charge in [-0.25, -0.2) is 0 Å². The first kappa shape index (κ1) is 15.3. The summed E-state index contributed by atoms with van der Waals surface area (Å²) in [6, 6.07) is 0. The Bertz CT molecular complexity index is 482. The highest BCUT2D eigenvalue weighted by molar-refractivity contribution is 5.67. The largest absolute Gasteiger partial charge is 0.501 e. The van der Waals surface area contributed by atoms with Crippen LogP contribution in [0.25, 0.3) is 0 Å². The van der Waals surface area contributed by atoms with Crippen molar-refractivity contribution in [3.05, 3.63) is 23.0 Å². The van der Waals surface area contributed by atoms with Crippen LogP contribution < -0.4 is 0 Å². The van der Waals surface area contributed by atoms with Crippen molar-refractivity contribution in [1.82, 2.24) is 0 Å². The normalized spacial score (nSPS) is 35.9. The third-order valence-corrected chi connectivity index (χ3v) is 5.51. The van der Waals surface area contributed by atoms with E-state index in [-0.39, 0.29) is 5.41 Å². The Balaban J connectivity index is 2.67. The zero-order chi connectivity index (χ0) is 15.3. The van der Waals surface area contributed by atoms with Crippen molar-refractivity contribution in [1.29, 1.82) is 0 Å². The number of allylic oxidation sites excluding steroid dienone is 4. The first-order valence-electron chi connectivity index (χ1n) is 7.65. The van der Waals surface area contributed by atoms with E-state index in [9.17, 15) is 4.79 Å². The summed E-state index contributed by atoms with van der Waals surface area (Å²) in [6.45, 7) is 13.5. The van der Waals surface area contributed by atoms with Crippen LogP contribution in [0.3, 0.4) is 0 Å². The molecule has 112 valence electrons. The fourth-order valence-corrected chi connectivity index (χ4v) is 4.20. The quantitative estimate of drug-likeness (QED) is 0.715.